The van der Waals surface area contributed by atoms with Gasteiger partial charge in [-0.1, -0.05) is 0 Å². The summed E-state index contributed by atoms with van der Waals surface area (Å²) in [6.07, 6.45) is -1.07. The molecule has 164 valence electrons. The minimum absolute atomic E-state index is 0.0322. The summed E-state index contributed by atoms with van der Waals surface area (Å²) in [5.74, 6) is -7.12. The molecular formula is C21H20O10. The molecule has 0 saturated heterocycles. The highest BCUT2D eigenvalue weighted by molar-refractivity contribution is 6.14. The molecule has 0 saturated carbocycles. The smallest absolute Gasteiger partial charge is 0.208 e. The number of aliphatic hydroxyl groups excluding tert-OH is 4. The second kappa shape index (κ2) is 9.44. The van der Waals surface area contributed by atoms with Crippen LogP contribution in [0.2, 0.25) is 0 Å². The van der Waals surface area contributed by atoms with Gasteiger partial charge in [-0.15, -0.1) is 0 Å². The molecule has 2 rings (SSSR count). The Morgan fingerprint density at radius 3 is 1.39 bits per heavy atom. The maximum atomic E-state index is 12.2. The number of ketones is 2. The highest BCUT2D eigenvalue weighted by atomic mass is 16.5. The highest BCUT2D eigenvalue weighted by Gasteiger charge is 2.24. The fraction of sp³-hybridized carbons (Fsp3) is 0.143. The third-order valence-electron chi connectivity index (χ3n) is 4.20. The molecule has 0 bridgehead atoms. The Balaban J connectivity index is 2.26. The van der Waals surface area contributed by atoms with Crippen molar-refractivity contribution in [3.63, 3.8) is 0 Å². The molecule has 0 heterocycles. The van der Waals surface area contributed by atoms with Gasteiger partial charge in [-0.25, -0.2) is 0 Å². The molecule has 0 amide bonds. The van der Waals surface area contributed by atoms with E-state index in [9.17, 15) is 40.2 Å². The molecule has 0 unspecified atom stereocenters. The van der Waals surface area contributed by atoms with E-state index in [4.69, 9.17) is 9.47 Å². The standard InChI is InChI=1S/C21H20O10/c1-30-16-7-10(3-5-12(16)22)18(26)20(28)14(24)9-15(25)21(29)19(27)11-4-6-13(23)17(8-11)31-2/h3-8,22-23,26-29H,9H2,1-2H3/b20-18+,21-19?. The number of rotatable bonds is 8. The van der Waals surface area contributed by atoms with Crippen LogP contribution in [0.15, 0.2) is 47.9 Å². The van der Waals surface area contributed by atoms with Gasteiger partial charge in [0, 0.05) is 11.1 Å². The topological polar surface area (TPSA) is 174 Å². The number of phenolic OH excluding ortho intramolecular Hbond substituents is 2. The molecule has 31 heavy (non-hydrogen) atoms. The van der Waals surface area contributed by atoms with Gasteiger partial charge in [-0.05, 0) is 36.4 Å². The first-order valence-corrected chi connectivity index (χ1v) is 8.66. The minimum atomic E-state index is -1.24. The monoisotopic (exact) mass is 432 g/mol. The van der Waals surface area contributed by atoms with Crippen molar-refractivity contribution in [1.82, 2.24) is 0 Å². The minimum Gasteiger partial charge on any atom is -0.504 e. The third-order valence-corrected chi connectivity index (χ3v) is 4.20. The molecule has 2 aromatic carbocycles. The Labute approximate surface area is 176 Å². The first-order chi connectivity index (χ1) is 14.6. The molecule has 0 atom stereocenters. The van der Waals surface area contributed by atoms with Crippen molar-refractivity contribution in [3.05, 3.63) is 59.0 Å². The van der Waals surface area contributed by atoms with Crippen molar-refractivity contribution in [2.75, 3.05) is 14.2 Å². The van der Waals surface area contributed by atoms with E-state index in [0.717, 1.165) is 24.3 Å². The molecule has 10 heteroatoms. The summed E-state index contributed by atoms with van der Waals surface area (Å²) < 4.78 is 9.74. The number of phenols is 2. The zero-order valence-electron chi connectivity index (χ0n) is 16.5. The van der Waals surface area contributed by atoms with Gasteiger partial charge < -0.3 is 40.1 Å². The van der Waals surface area contributed by atoms with Crippen LogP contribution in [0.4, 0.5) is 0 Å². The third kappa shape index (κ3) is 4.99. The predicted octanol–water partition coefficient (Wildman–Crippen LogP) is 2.91. The molecule has 0 aliphatic rings. The van der Waals surface area contributed by atoms with Crippen LogP contribution in [0.5, 0.6) is 23.0 Å². The summed E-state index contributed by atoms with van der Waals surface area (Å²) in [7, 11) is 2.52. The number of allylic oxidation sites excluding steroid dienone is 2. The Morgan fingerprint density at radius 1 is 0.710 bits per heavy atom. The lowest BCUT2D eigenvalue weighted by molar-refractivity contribution is -0.125. The normalized spacial score (nSPS) is 12.5. The fourth-order valence-corrected chi connectivity index (χ4v) is 2.50. The van der Waals surface area contributed by atoms with E-state index in [1.165, 1.54) is 26.4 Å². The number of benzene rings is 2. The molecule has 0 aliphatic carbocycles. The lowest BCUT2D eigenvalue weighted by Crippen LogP contribution is -2.14. The summed E-state index contributed by atoms with van der Waals surface area (Å²) >= 11 is 0. The maximum Gasteiger partial charge on any atom is 0.208 e. The van der Waals surface area contributed by atoms with Gasteiger partial charge >= 0.3 is 0 Å². The van der Waals surface area contributed by atoms with Gasteiger partial charge in [-0.2, -0.15) is 0 Å². The number of carbonyl (C=O) groups excluding carboxylic acids is 2. The molecule has 6 N–H and O–H groups in total. The van der Waals surface area contributed by atoms with Crippen molar-refractivity contribution in [2.24, 2.45) is 0 Å². The summed E-state index contributed by atoms with van der Waals surface area (Å²) in [6.45, 7) is 0. The Morgan fingerprint density at radius 2 is 1.06 bits per heavy atom. The second-order valence-corrected chi connectivity index (χ2v) is 6.19. The summed E-state index contributed by atoms with van der Waals surface area (Å²) in [5.41, 5.74) is -0.154. The van der Waals surface area contributed by atoms with Gasteiger partial charge in [-0.3, -0.25) is 9.59 Å². The molecule has 2 aromatic rings. The van der Waals surface area contributed by atoms with Crippen LogP contribution in [0.25, 0.3) is 11.5 Å². The average molecular weight is 432 g/mol. The second-order valence-electron chi connectivity index (χ2n) is 6.19. The van der Waals surface area contributed by atoms with Gasteiger partial charge in [0.2, 0.25) is 23.1 Å². The van der Waals surface area contributed by atoms with Crippen molar-refractivity contribution in [3.8, 4) is 23.0 Å². The van der Waals surface area contributed by atoms with E-state index in [0.29, 0.717) is 0 Å². The van der Waals surface area contributed by atoms with E-state index >= 15 is 0 Å². The zero-order valence-corrected chi connectivity index (χ0v) is 16.5. The fourth-order valence-electron chi connectivity index (χ4n) is 2.50. The van der Waals surface area contributed by atoms with Crippen LogP contribution in [0, 0.1) is 0 Å². The van der Waals surface area contributed by atoms with Crippen molar-refractivity contribution in [2.45, 2.75) is 6.42 Å². The summed E-state index contributed by atoms with van der Waals surface area (Å²) in [5, 5.41) is 59.3. The van der Waals surface area contributed by atoms with E-state index in [1.807, 2.05) is 0 Å². The van der Waals surface area contributed by atoms with Gasteiger partial charge in [0.25, 0.3) is 0 Å². The number of carbonyl (C=O) groups is 2. The summed E-state index contributed by atoms with van der Waals surface area (Å²) in [4.78, 5) is 24.3. The van der Waals surface area contributed by atoms with Crippen LogP contribution in [0.1, 0.15) is 17.5 Å². The molecule has 0 radical (unpaired) electrons. The highest BCUT2D eigenvalue weighted by Crippen LogP contribution is 2.31. The van der Waals surface area contributed by atoms with Crippen LogP contribution >= 0.6 is 0 Å². The molecular weight excluding hydrogens is 412 g/mol. The zero-order chi connectivity index (χ0) is 23.3. The van der Waals surface area contributed by atoms with E-state index in [2.05, 4.69) is 0 Å². The van der Waals surface area contributed by atoms with Gasteiger partial charge in [0.05, 0.1) is 20.6 Å². The van der Waals surface area contributed by atoms with E-state index < -0.39 is 41.0 Å². The van der Waals surface area contributed by atoms with Gasteiger partial charge in [0.15, 0.2) is 34.5 Å². The number of aromatic hydroxyl groups is 2. The van der Waals surface area contributed by atoms with Crippen molar-refractivity contribution < 1.29 is 49.7 Å². The van der Waals surface area contributed by atoms with Crippen molar-refractivity contribution in [1.29, 1.82) is 0 Å². The van der Waals surface area contributed by atoms with Gasteiger partial charge in [0.1, 0.15) is 0 Å². The SMILES string of the molecule is COc1cc(C(O)=C(O)C(=O)CC(=O)/C(O)=C(\O)c2ccc(O)c(OC)c2)ccc1O. The molecule has 0 spiro atoms. The molecule has 10 nitrogen and oxygen atoms in total. The quantitative estimate of drug-likeness (QED) is 0.207. The summed E-state index contributed by atoms with van der Waals surface area (Å²) in [6, 6.07) is 7.01. The number of methoxy groups -OCH3 is 2. The lowest BCUT2D eigenvalue weighted by atomic mass is 10.0. The van der Waals surface area contributed by atoms with E-state index in [-0.39, 0.29) is 34.1 Å². The number of hydrogen-bond donors (Lipinski definition) is 6. The Hall–Kier alpha value is -4.34. The first-order valence-electron chi connectivity index (χ1n) is 8.66. The largest absolute Gasteiger partial charge is 0.504 e. The average Bonchev–Trinajstić information content (AvgIpc) is 2.77. The Kier molecular flexibility index (Phi) is 6.99. The van der Waals surface area contributed by atoms with Crippen LogP contribution < -0.4 is 9.47 Å². The molecule has 0 aromatic heterocycles. The van der Waals surface area contributed by atoms with Crippen molar-refractivity contribution >= 4 is 23.1 Å². The van der Waals surface area contributed by atoms with E-state index in [1.54, 1.807) is 0 Å². The number of aliphatic hydroxyl groups is 4. The molecule has 0 fully saturated rings. The number of hydrogen-bond acceptors (Lipinski definition) is 10. The van der Waals surface area contributed by atoms with Crippen LogP contribution in [0.3, 0.4) is 0 Å². The maximum absolute atomic E-state index is 12.2. The first kappa shape index (κ1) is 22.9. The predicted molar refractivity (Wildman–Crippen MR) is 108 cm³/mol. The van der Waals surface area contributed by atoms with Crippen LogP contribution in [-0.2, 0) is 9.59 Å². The number of ether oxygens (including phenoxy) is 2. The molecule has 0 aliphatic heterocycles. The van der Waals surface area contributed by atoms with Crippen LogP contribution in [-0.4, -0.2) is 56.4 Å². The Bertz CT molecular complexity index is 996. The lowest BCUT2D eigenvalue weighted by Gasteiger charge is -2.09. The number of Topliss-reactive ketones (excluding diaryl/α,β-unsaturated/α-hetero) is 2.